The third-order valence-corrected chi connectivity index (χ3v) is 6.23. The van der Waals surface area contributed by atoms with Crippen LogP contribution in [0, 0.1) is 0 Å². The van der Waals surface area contributed by atoms with Gasteiger partial charge < -0.3 is 4.74 Å². The third kappa shape index (κ3) is 8.31. The molecule has 0 fully saturated rings. The van der Waals surface area contributed by atoms with Gasteiger partial charge in [-0.2, -0.15) is 0 Å². The number of para-hydroxylation sites is 2. The standard InChI is InChI=1S/C20H23OS.F6P/c1-3-5-11-16(10-4-2)22-19-14-8-6-12-17(19)21-18-13-7-9-15-20(18)22;1-7(2,3,4,5)6/h6-9,11-15H,3-5,10H2,1-2H3;/q+1;-1/b16-11+;. The first kappa shape index (κ1) is 23.6. The number of allylic oxidation sites excluding steroid dienone is 2. The molecule has 0 bridgehead atoms. The Labute approximate surface area is 169 Å². The normalized spacial score (nSPS) is 16.3. The van der Waals surface area contributed by atoms with E-state index in [9.17, 15) is 25.2 Å². The van der Waals surface area contributed by atoms with E-state index in [2.05, 4.69) is 68.5 Å². The van der Waals surface area contributed by atoms with Crippen molar-refractivity contribution in [1.29, 1.82) is 0 Å². The average Bonchev–Trinajstić information content (AvgIpc) is 2.61. The molecule has 0 unspecified atom stereocenters. The molecule has 1 aliphatic rings. The van der Waals surface area contributed by atoms with E-state index in [4.69, 9.17) is 4.74 Å². The Bertz CT molecular complexity index is 823. The van der Waals surface area contributed by atoms with Crippen LogP contribution in [0.15, 0.2) is 69.3 Å². The van der Waals surface area contributed by atoms with Crippen LogP contribution in [0.2, 0.25) is 0 Å². The van der Waals surface area contributed by atoms with Crippen LogP contribution < -0.4 is 4.74 Å². The zero-order valence-corrected chi connectivity index (χ0v) is 17.8. The first-order chi connectivity index (χ1) is 13.3. The summed E-state index contributed by atoms with van der Waals surface area (Å²) in [4.78, 5) is 4.22. The van der Waals surface area contributed by atoms with Crippen molar-refractivity contribution in [2.75, 3.05) is 0 Å². The van der Waals surface area contributed by atoms with Crippen molar-refractivity contribution in [3.63, 3.8) is 0 Å². The van der Waals surface area contributed by atoms with Gasteiger partial charge in [0.25, 0.3) is 0 Å². The fourth-order valence-corrected chi connectivity index (χ4v) is 5.31. The van der Waals surface area contributed by atoms with Crippen LogP contribution in [-0.2, 0) is 10.9 Å². The SMILES string of the molecule is CCC/C=C(\CCC)[S+]1c2ccccc2Oc2ccccc21.F[P-](F)(F)(F)(F)F. The molecule has 0 aromatic heterocycles. The number of benzene rings is 2. The van der Waals surface area contributed by atoms with Gasteiger partial charge in [-0.1, -0.05) is 44.5 Å². The summed E-state index contributed by atoms with van der Waals surface area (Å²) >= 11 is 0. The Kier molecular flexibility index (Phi) is 6.70. The predicted molar refractivity (Wildman–Crippen MR) is 108 cm³/mol. The van der Waals surface area contributed by atoms with E-state index >= 15 is 0 Å². The summed E-state index contributed by atoms with van der Waals surface area (Å²) < 4.78 is 65.3. The monoisotopic (exact) mass is 456 g/mol. The Balaban J connectivity index is 0.000000370. The number of hydrogen-bond acceptors (Lipinski definition) is 1. The van der Waals surface area contributed by atoms with E-state index in [-0.39, 0.29) is 10.9 Å². The summed E-state index contributed by atoms with van der Waals surface area (Å²) in [6, 6.07) is 17.0. The van der Waals surface area contributed by atoms with Gasteiger partial charge in [0.15, 0.2) is 11.5 Å². The topological polar surface area (TPSA) is 9.23 Å². The van der Waals surface area contributed by atoms with Crippen LogP contribution in [0.5, 0.6) is 11.5 Å². The molecular weight excluding hydrogens is 433 g/mol. The van der Waals surface area contributed by atoms with Gasteiger partial charge in [0.2, 0.25) is 9.79 Å². The molecule has 9 heteroatoms. The zero-order valence-electron chi connectivity index (χ0n) is 16.1. The predicted octanol–water partition coefficient (Wildman–Crippen LogP) is 9.70. The van der Waals surface area contributed by atoms with Crippen LogP contribution >= 0.6 is 7.81 Å². The van der Waals surface area contributed by atoms with Gasteiger partial charge in [0.1, 0.15) is 15.8 Å². The molecule has 0 spiro atoms. The van der Waals surface area contributed by atoms with Crippen molar-refractivity contribution in [3.8, 4) is 11.5 Å². The van der Waals surface area contributed by atoms with Crippen LogP contribution in [0.4, 0.5) is 25.2 Å². The summed E-state index contributed by atoms with van der Waals surface area (Å²) in [7, 11) is -10.7. The maximum absolute atomic E-state index is 10.7. The van der Waals surface area contributed by atoms with Crippen LogP contribution in [0.3, 0.4) is 0 Å². The Hall–Kier alpha value is -1.66. The van der Waals surface area contributed by atoms with Gasteiger partial charge in [0, 0.05) is 6.42 Å². The van der Waals surface area contributed by atoms with Crippen molar-refractivity contribution in [1.82, 2.24) is 0 Å². The molecule has 0 amide bonds. The summed E-state index contributed by atoms with van der Waals surface area (Å²) in [6.45, 7) is 4.51. The van der Waals surface area contributed by atoms with E-state index in [1.54, 1.807) is 4.91 Å². The number of ether oxygens (including phenoxy) is 1. The molecule has 0 radical (unpaired) electrons. The minimum absolute atomic E-state index is 0.00242. The van der Waals surface area contributed by atoms with Crippen molar-refractivity contribution in [2.24, 2.45) is 0 Å². The number of unbranched alkanes of at least 4 members (excludes halogenated alkanes) is 1. The maximum atomic E-state index is 9.87. The Morgan fingerprint density at radius 2 is 1.28 bits per heavy atom. The fraction of sp³-hybridized carbons (Fsp3) is 0.300. The molecule has 0 aliphatic carbocycles. The van der Waals surface area contributed by atoms with Crippen molar-refractivity contribution in [3.05, 3.63) is 59.5 Å². The molecule has 0 N–H and O–H groups in total. The van der Waals surface area contributed by atoms with Gasteiger partial charge in [-0.15, -0.1) is 0 Å². The molecule has 0 saturated heterocycles. The van der Waals surface area contributed by atoms with Gasteiger partial charge >= 0.3 is 33.0 Å². The first-order valence-electron chi connectivity index (χ1n) is 9.15. The summed E-state index contributed by atoms with van der Waals surface area (Å²) in [6.07, 6.45) is 7.16. The van der Waals surface area contributed by atoms with Gasteiger partial charge in [-0.3, -0.25) is 0 Å². The molecular formula is C20H23F6OPS. The van der Waals surface area contributed by atoms with Gasteiger partial charge in [-0.25, -0.2) is 0 Å². The summed E-state index contributed by atoms with van der Waals surface area (Å²) in [5.41, 5.74) is 0. The fourth-order valence-electron chi connectivity index (χ4n) is 2.76. The number of fused-ring (bicyclic) bond motifs is 2. The molecule has 3 rings (SSSR count). The van der Waals surface area contributed by atoms with E-state index in [0.29, 0.717) is 0 Å². The Morgan fingerprint density at radius 3 is 1.69 bits per heavy atom. The molecule has 0 atom stereocenters. The second-order valence-electron chi connectivity index (χ2n) is 6.47. The molecule has 1 aliphatic heterocycles. The summed E-state index contributed by atoms with van der Waals surface area (Å²) in [5, 5.41) is 0. The van der Waals surface area contributed by atoms with E-state index in [0.717, 1.165) is 24.3 Å². The van der Waals surface area contributed by atoms with Crippen LogP contribution in [0.1, 0.15) is 39.5 Å². The zero-order chi connectivity index (χ0) is 21.8. The Morgan fingerprint density at radius 1 is 0.828 bits per heavy atom. The second kappa shape index (κ2) is 8.23. The van der Waals surface area contributed by atoms with E-state index < -0.39 is 7.81 Å². The molecule has 162 valence electrons. The molecule has 2 aromatic rings. The van der Waals surface area contributed by atoms with Crippen molar-refractivity contribution >= 4 is 18.7 Å². The quantitative estimate of drug-likeness (QED) is 0.247. The van der Waals surface area contributed by atoms with Crippen molar-refractivity contribution < 1.29 is 29.9 Å². The summed E-state index contributed by atoms with van der Waals surface area (Å²) in [5.74, 6) is 2.03. The molecule has 0 saturated carbocycles. The minimum atomic E-state index is -10.7. The molecule has 29 heavy (non-hydrogen) atoms. The molecule has 1 nitrogen and oxygen atoms in total. The van der Waals surface area contributed by atoms with E-state index in [1.807, 2.05) is 0 Å². The van der Waals surface area contributed by atoms with Gasteiger partial charge in [-0.05, 0) is 43.2 Å². The van der Waals surface area contributed by atoms with Gasteiger partial charge in [0.05, 0.1) is 0 Å². The van der Waals surface area contributed by atoms with Crippen LogP contribution in [0.25, 0.3) is 0 Å². The third-order valence-electron chi connectivity index (χ3n) is 3.78. The molecule has 1 heterocycles. The van der Waals surface area contributed by atoms with E-state index in [1.165, 1.54) is 22.6 Å². The number of rotatable bonds is 5. The molecule has 2 aromatic carbocycles. The number of halogens is 6. The van der Waals surface area contributed by atoms with Crippen LogP contribution in [-0.4, -0.2) is 0 Å². The number of hydrogen-bond donors (Lipinski definition) is 0. The first-order valence-corrected chi connectivity index (χ1v) is 12.4. The average molecular weight is 456 g/mol. The second-order valence-corrected chi connectivity index (χ2v) is 10.4. The van der Waals surface area contributed by atoms with Crippen molar-refractivity contribution in [2.45, 2.75) is 49.3 Å².